The van der Waals surface area contributed by atoms with Crippen LogP contribution in [0.1, 0.15) is 52.4 Å². The van der Waals surface area contributed by atoms with Crippen LogP contribution >= 0.6 is 11.8 Å². The first-order chi connectivity index (χ1) is 8.76. The lowest BCUT2D eigenvalue weighted by Crippen LogP contribution is -2.40. The molecule has 0 radical (unpaired) electrons. The van der Waals surface area contributed by atoms with Gasteiger partial charge < -0.3 is 4.90 Å². The molecule has 2 aliphatic rings. The first-order valence-electron chi connectivity index (χ1n) is 7.44. The molecule has 0 aromatic heterocycles. The van der Waals surface area contributed by atoms with Crippen molar-refractivity contribution in [2.75, 3.05) is 12.3 Å². The normalized spacial score (nSPS) is 32.4. The van der Waals surface area contributed by atoms with Gasteiger partial charge in [0.05, 0.1) is 12.2 Å². The SMILES string of the molecule is CCCCC1NC(CC)N(CC2CCCS2)C1=O. The molecule has 0 bridgehead atoms. The average molecular weight is 270 g/mol. The number of thioether (sulfide) groups is 1. The van der Waals surface area contributed by atoms with Crippen LogP contribution in [0.4, 0.5) is 0 Å². The summed E-state index contributed by atoms with van der Waals surface area (Å²) in [6, 6.07) is 0.0845. The number of carbonyl (C=O) groups is 1. The standard InChI is InChI=1S/C14H26N2OS/c1-3-5-8-12-14(17)16(13(4-2)15-12)10-11-7-6-9-18-11/h11-13,15H,3-10H2,1-2H3. The molecule has 0 aliphatic carbocycles. The molecule has 0 saturated carbocycles. The van der Waals surface area contributed by atoms with Crippen LogP contribution in [0.2, 0.25) is 0 Å². The number of carbonyl (C=O) groups excluding carboxylic acids is 1. The smallest absolute Gasteiger partial charge is 0.241 e. The van der Waals surface area contributed by atoms with E-state index in [1.807, 2.05) is 11.8 Å². The van der Waals surface area contributed by atoms with E-state index in [9.17, 15) is 4.79 Å². The summed E-state index contributed by atoms with van der Waals surface area (Å²) in [5, 5.41) is 4.19. The van der Waals surface area contributed by atoms with Crippen LogP contribution in [-0.4, -0.2) is 40.6 Å². The maximum Gasteiger partial charge on any atom is 0.241 e. The predicted molar refractivity (Wildman–Crippen MR) is 77.7 cm³/mol. The molecule has 3 unspecified atom stereocenters. The number of hydrogen-bond acceptors (Lipinski definition) is 3. The van der Waals surface area contributed by atoms with Crippen molar-refractivity contribution in [3.8, 4) is 0 Å². The van der Waals surface area contributed by atoms with E-state index >= 15 is 0 Å². The van der Waals surface area contributed by atoms with Crippen molar-refractivity contribution in [2.24, 2.45) is 0 Å². The lowest BCUT2D eigenvalue weighted by atomic mass is 10.1. The molecule has 2 heterocycles. The lowest BCUT2D eigenvalue weighted by Gasteiger charge is -2.25. The minimum Gasteiger partial charge on any atom is -0.325 e. The van der Waals surface area contributed by atoms with Gasteiger partial charge in [0.25, 0.3) is 0 Å². The summed E-state index contributed by atoms with van der Waals surface area (Å²) in [5.41, 5.74) is 0. The number of rotatable bonds is 6. The lowest BCUT2D eigenvalue weighted by molar-refractivity contribution is -0.130. The summed E-state index contributed by atoms with van der Waals surface area (Å²) >= 11 is 2.04. The third kappa shape index (κ3) is 3.21. The fraction of sp³-hybridized carbons (Fsp3) is 0.929. The fourth-order valence-corrected chi connectivity index (χ4v) is 4.19. The zero-order chi connectivity index (χ0) is 13.0. The largest absolute Gasteiger partial charge is 0.325 e. The highest BCUT2D eigenvalue weighted by atomic mass is 32.2. The number of amides is 1. The zero-order valence-corrected chi connectivity index (χ0v) is 12.5. The average Bonchev–Trinajstić information content (AvgIpc) is 2.98. The Bertz CT molecular complexity index is 279. The third-order valence-corrected chi connectivity index (χ3v) is 5.39. The Balaban J connectivity index is 1.91. The van der Waals surface area contributed by atoms with E-state index in [1.165, 1.54) is 25.0 Å². The molecule has 3 nitrogen and oxygen atoms in total. The van der Waals surface area contributed by atoms with E-state index in [0.29, 0.717) is 11.2 Å². The summed E-state index contributed by atoms with van der Waals surface area (Å²) in [7, 11) is 0. The van der Waals surface area contributed by atoms with E-state index < -0.39 is 0 Å². The monoisotopic (exact) mass is 270 g/mol. The van der Waals surface area contributed by atoms with Gasteiger partial charge >= 0.3 is 0 Å². The maximum atomic E-state index is 12.4. The molecule has 0 aromatic rings. The van der Waals surface area contributed by atoms with Gasteiger partial charge in [0.1, 0.15) is 0 Å². The van der Waals surface area contributed by atoms with E-state index in [4.69, 9.17) is 0 Å². The van der Waals surface area contributed by atoms with Gasteiger partial charge in [-0.1, -0.05) is 26.7 Å². The molecule has 104 valence electrons. The number of unbranched alkanes of at least 4 members (excludes halogenated alkanes) is 1. The van der Waals surface area contributed by atoms with Crippen LogP contribution in [0.5, 0.6) is 0 Å². The van der Waals surface area contributed by atoms with E-state index in [2.05, 4.69) is 24.1 Å². The van der Waals surface area contributed by atoms with Gasteiger partial charge in [0.2, 0.25) is 5.91 Å². The van der Waals surface area contributed by atoms with Crippen LogP contribution in [0, 0.1) is 0 Å². The summed E-state index contributed by atoms with van der Waals surface area (Å²) < 4.78 is 0. The first-order valence-corrected chi connectivity index (χ1v) is 8.49. The molecule has 18 heavy (non-hydrogen) atoms. The summed E-state index contributed by atoms with van der Waals surface area (Å²) in [5.74, 6) is 1.62. The number of hydrogen-bond donors (Lipinski definition) is 1. The van der Waals surface area contributed by atoms with Crippen molar-refractivity contribution in [3.63, 3.8) is 0 Å². The highest BCUT2D eigenvalue weighted by Gasteiger charge is 2.38. The first kappa shape index (κ1) is 14.2. The molecular weight excluding hydrogens is 244 g/mol. The van der Waals surface area contributed by atoms with Gasteiger partial charge in [0.15, 0.2) is 0 Å². The minimum absolute atomic E-state index is 0.0845. The topological polar surface area (TPSA) is 32.3 Å². The van der Waals surface area contributed by atoms with Crippen LogP contribution in [-0.2, 0) is 4.79 Å². The Morgan fingerprint density at radius 2 is 2.28 bits per heavy atom. The molecule has 4 heteroatoms. The highest BCUT2D eigenvalue weighted by Crippen LogP contribution is 2.29. The van der Waals surface area contributed by atoms with Crippen molar-refractivity contribution in [1.29, 1.82) is 0 Å². The molecule has 0 spiro atoms. The van der Waals surface area contributed by atoms with E-state index in [-0.39, 0.29) is 12.2 Å². The Morgan fingerprint density at radius 1 is 1.44 bits per heavy atom. The van der Waals surface area contributed by atoms with Gasteiger partial charge in [-0.25, -0.2) is 0 Å². The summed E-state index contributed by atoms with van der Waals surface area (Å²) in [6.45, 7) is 5.31. The second-order valence-corrected chi connectivity index (χ2v) is 6.82. The zero-order valence-electron chi connectivity index (χ0n) is 11.7. The predicted octanol–water partition coefficient (Wildman–Crippen LogP) is 2.61. The fourth-order valence-electron chi connectivity index (χ4n) is 2.93. The third-order valence-electron chi connectivity index (χ3n) is 4.01. The van der Waals surface area contributed by atoms with Gasteiger partial charge in [0, 0.05) is 11.8 Å². The molecule has 2 fully saturated rings. The van der Waals surface area contributed by atoms with Crippen molar-refractivity contribution in [2.45, 2.75) is 69.8 Å². The molecule has 3 atom stereocenters. The molecule has 0 aromatic carbocycles. The number of nitrogens with one attached hydrogen (secondary N) is 1. The van der Waals surface area contributed by atoms with Gasteiger partial charge in [-0.15, -0.1) is 0 Å². The summed E-state index contributed by atoms with van der Waals surface area (Å²) in [6.07, 6.45) is 7.21. The van der Waals surface area contributed by atoms with Crippen molar-refractivity contribution in [3.05, 3.63) is 0 Å². The Labute approximate surface area is 115 Å². The van der Waals surface area contributed by atoms with Gasteiger partial charge in [-0.05, 0) is 31.4 Å². The maximum absolute atomic E-state index is 12.4. The highest BCUT2D eigenvalue weighted by molar-refractivity contribution is 8.00. The van der Waals surface area contributed by atoms with Crippen molar-refractivity contribution in [1.82, 2.24) is 10.2 Å². The minimum atomic E-state index is 0.0845. The summed E-state index contributed by atoms with van der Waals surface area (Å²) in [4.78, 5) is 14.5. The molecule has 2 rings (SSSR count). The van der Waals surface area contributed by atoms with E-state index in [0.717, 1.165) is 25.8 Å². The quantitative estimate of drug-likeness (QED) is 0.805. The van der Waals surface area contributed by atoms with Gasteiger partial charge in [-0.2, -0.15) is 11.8 Å². The number of nitrogens with zero attached hydrogens (tertiary/aromatic N) is 1. The Kier molecular flexibility index (Phi) is 5.37. The van der Waals surface area contributed by atoms with Crippen molar-refractivity contribution >= 4 is 17.7 Å². The molecule has 1 N–H and O–H groups in total. The van der Waals surface area contributed by atoms with Gasteiger partial charge in [-0.3, -0.25) is 10.1 Å². The van der Waals surface area contributed by atoms with Crippen LogP contribution in [0.15, 0.2) is 0 Å². The molecular formula is C14H26N2OS. The molecule has 1 amide bonds. The second kappa shape index (κ2) is 6.80. The molecule has 2 aliphatic heterocycles. The molecule has 2 saturated heterocycles. The van der Waals surface area contributed by atoms with Crippen LogP contribution < -0.4 is 5.32 Å². The van der Waals surface area contributed by atoms with Crippen LogP contribution in [0.3, 0.4) is 0 Å². The Hall–Kier alpha value is -0.220. The second-order valence-electron chi connectivity index (χ2n) is 5.41. The van der Waals surface area contributed by atoms with E-state index in [1.54, 1.807) is 0 Å². The Morgan fingerprint density at radius 3 is 2.89 bits per heavy atom. The van der Waals surface area contributed by atoms with Crippen LogP contribution in [0.25, 0.3) is 0 Å². The van der Waals surface area contributed by atoms with Crippen molar-refractivity contribution < 1.29 is 4.79 Å².